The summed E-state index contributed by atoms with van der Waals surface area (Å²) in [5.74, 6) is 0. The van der Waals surface area contributed by atoms with Crippen molar-refractivity contribution in [3.05, 3.63) is 89.7 Å². The minimum Gasteiger partial charge on any atom is -0.338 e. The molecule has 0 spiro atoms. The molecule has 0 bridgehead atoms. The third-order valence-electron chi connectivity index (χ3n) is 4.87. The van der Waals surface area contributed by atoms with E-state index in [0.29, 0.717) is 13.1 Å². The number of urea groups is 1. The minimum atomic E-state index is -0.129. The second-order valence-electron chi connectivity index (χ2n) is 6.60. The molecular formula is C22H23N3O. The number of rotatable bonds is 3. The third-order valence-corrected chi connectivity index (χ3v) is 4.87. The first-order valence-electron chi connectivity index (χ1n) is 9.14. The molecule has 1 atom stereocenters. The molecule has 1 unspecified atom stereocenters. The van der Waals surface area contributed by atoms with Gasteiger partial charge in [0.2, 0.25) is 0 Å². The van der Waals surface area contributed by atoms with Crippen molar-refractivity contribution < 1.29 is 4.79 Å². The van der Waals surface area contributed by atoms with Gasteiger partial charge in [0.1, 0.15) is 0 Å². The van der Waals surface area contributed by atoms with E-state index in [1.165, 1.54) is 0 Å². The molecule has 0 saturated heterocycles. The summed E-state index contributed by atoms with van der Waals surface area (Å²) in [6, 6.07) is 22.6. The van der Waals surface area contributed by atoms with Crippen molar-refractivity contribution in [2.24, 2.45) is 0 Å². The van der Waals surface area contributed by atoms with E-state index < -0.39 is 0 Å². The average molecular weight is 345 g/mol. The van der Waals surface area contributed by atoms with E-state index in [4.69, 9.17) is 0 Å². The van der Waals surface area contributed by atoms with Crippen LogP contribution in [0.1, 0.15) is 36.2 Å². The van der Waals surface area contributed by atoms with Gasteiger partial charge in [0.05, 0.1) is 18.3 Å². The number of fused-ring (bicyclic) bond motifs is 3. The summed E-state index contributed by atoms with van der Waals surface area (Å²) in [6.45, 7) is 3.32. The van der Waals surface area contributed by atoms with E-state index in [1.54, 1.807) is 0 Å². The summed E-state index contributed by atoms with van der Waals surface area (Å²) in [4.78, 5) is 15.0. The molecule has 1 aliphatic heterocycles. The third kappa shape index (κ3) is 2.88. The predicted octanol–water partition coefficient (Wildman–Crippen LogP) is 4.50. The highest BCUT2D eigenvalue weighted by Crippen LogP contribution is 2.36. The van der Waals surface area contributed by atoms with Crippen molar-refractivity contribution in [1.82, 2.24) is 14.8 Å². The molecule has 132 valence electrons. The Morgan fingerprint density at radius 2 is 1.81 bits per heavy atom. The van der Waals surface area contributed by atoms with Crippen LogP contribution in [0.3, 0.4) is 0 Å². The minimum absolute atomic E-state index is 0.0230. The Morgan fingerprint density at radius 1 is 1.04 bits per heavy atom. The Morgan fingerprint density at radius 3 is 2.62 bits per heavy atom. The Bertz CT molecular complexity index is 901. The number of para-hydroxylation sites is 1. The molecule has 1 aromatic heterocycles. The summed E-state index contributed by atoms with van der Waals surface area (Å²) in [5.41, 5.74) is 4.51. The fourth-order valence-corrected chi connectivity index (χ4v) is 3.66. The number of aromatic nitrogens is 1. The molecule has 0 radical (unpaired) electrons. The standard InChI is InChI=1S/C22H23N3O/c1-2-14-23-22(26)25-16-18-11-6-7-12-19(18)24-15-8-13-20(24)21(25)17-9-4-3-5-10-17/h3-13,15,21H,2,14,16H2,1H3,(H,23,26). The Kier molecular flexibility index (Phi) is 4.48. The van der Waals surface area contributed by atoms with Crippen molar-refractivity contribution >= 4 is 6.03 Å². The highest BCUT2D eigenvalue weighted by Gasteiger charge is 2.32. The maximum Gasteiger partial charge on any atom is 0.318 e. The molecule has 3 aromatic rings. The zero-order valence-electron chi connectivity index (χ0n) is 14.9. The molecule has 4 nitrogen and oxygen atoms in total. The van der Waals surface area contributed by atoms with Gasteiger partial charge in [0, 0.05) is 18.4 Å². The number of hydrogen-bond acceptors (Lipinski definition) is 1. The monoisotopic (exact) mass is 345 g/mol. The van der Waals surface area contributed by atoms with Gasteiger partial charge in [-0.1, -0.05) is 55.5 Å². The maximum absolute atomic E-state index is 13.0. The SMILES string of the molecule is CCCNC(=O)N1Cc2ccccc2-n2cccc2C1c1ccccc1. The number of nitrogens with zero attached hydrogens (tertiary/aromatic N) is 2. The van der Waals surface area contributed by atoms with Crippen LogP contribution in [0.5, 0.6) is 0 Å². The maximum atomic E-state index is 13.0. The summed E-state index contributed by atoms with van der Waals surface area (Å²) in [5, 5.41) is 3.06. The molecule has 4 rings (SSSR count). The molecule has 1 N–H and O–H groups in total. The fraction of sp³-hybridized carbons (Fsp3) is 0.227. The van der Waals surface area contributed by atoms with Gasteiger partial charge in [-0.05, 0) is 35.7 Å². The van der Waals surface area contributed by atoms with Gasteiger partial charge in [0.15, 0.2) is 0 Å². The zero-order chi connectivity index (χ0) is 17.9. The fourth-order valence-electron chi connectivity index (χ4n) is 3.66. The van der Waals surface area contributed by atoms with Crippen LogP contribution in [-0.4, -0.2) is 22.0 Å². The smallest absolute Gasteiger partial charge is 0.318 e. The van der Waals surface area contributed by atoms with Crippen LogP contribution in [0, 0.1) is 0 Å². The van der Waals surface area contributed by atoms with Crippen LogP contribution in [0.25, 0.3) is 5.69 Å². The number of carbonyl (C=O) groups excluding carboxylic acids is 1. The molecular weight excluding hydrogens is 322 g/mol. The average Bonchev–Trinajstić information content (AvgIpc) is 3.11. The van der Waals surface area contributed by atoms with E-state index in [-0.39, 0.29) is 12.1 Å². The van der Waals surface area contributed by atoms with E-state index >= 15 is 0 Å². The van der Waals surface area contributed by atoms with E-state index in [9.17, 15) is 4.79 Å². The number of nitrogens with one attached hydrogen (secondary N) is 1. The topological polar surface area (TPSA) is 37.3 Å². The van der Waals surface area contributed by atoms with Gasteiger partial charge in [-0.2, -0.15) is 0 Å². The second-order valence-corrected chi connectivity index (χ2v) is 6.60. The van der Waals surface area contributed by atoms with Gasteiger partial charge in [-0.3, -0.25) is 0 Å². The summed E-state index contributed by atoms with van der Waals surface area (Å²) >= 11 is 0. The van der Waals surface area contributed by atoms with Gasteiger partial charge >= 0.3 is 6.03 Å². The molecule has 2 aromatic carbocycles. The van der Waals surface area contributed by atoms with Crippen LogP contribution in [0.15, 0.2) is 72.9 Å². The molecule has 4 heteroatoms. The quantitative estimate of drug-likeness (QED) is 0.745. The van der Waals surface area contributed by atoms with Crippen molar-refractivity contribution in [1.29, 1.82) is 0 Å². The lowest BCUT2D eigenvalue weighted by molar-refractivity contribution is 0.180. The van der Waals surface area contributed by atoms with Crippen LogP contribution in [0.4, 0.5) is 4.79 Å². The van der Waals surface area contributed by atoms with Crippen molar-refractivity contribution in [3.8, 4) is 5.69 Å². The zero-order valence-corrected chi connectivity index (χ0v) is 14.9. The van der Waals surface area contributed by atoms with Crippen LogP contribution >= 0.6 is 0 Å². The first-order chi connectivity index (χ1) is 12.8. The molecule has 2 heterocycles. The summed E-state index contributed by atoms with van der Waals surface area (Å²) in [6.07, 6.45) is 3.00. The van der Waals surface area contributed by atoms with Crippen LogP contribution < -0.4 is 5.32 Å². The Hall–Kier alpha value is -3.01. The van der Waals surface area contributed by atoms with Crippen LogP contribution in [0.2, 0.25) is 0 Å². The molecule has 1 aliphatic rings. The lowest BCUT2D eigenvalue weighted by Crippen LogP contribution is -2.42. The molecule has 0 saturated carbocycles. The Balaban J connectivity index is 1.87. The van der Waals surface area contributed by atoms with Crippen molar-refractivity contribution in [2.45, 2.75) is 25.9 Å². The number of hydrogen-bond donors (Lipinski definition) is 1. The molecule has 2 amide bonds. The van der Waals surface area contributed by atoms with Gasteiger partial charge < -0.3 is 14.8 Å². The van der Waals surface area contributed by atoms with Gasteiger partial charge in [-0.15, -0.1) is 0 Å². The summed E-state index contributed by atoms with van der Waals surface area (Å²) in [7, 11) is 0. The first-order valence-corrected chi connectivity index (χ1v) is 9.14. The van der Waals surface area contributed by atoms with E-state index in [2.05, 4.69) is 59.4 Å². The normalized spacial score (nSPS) is 15.7. The number of benzene rings is 2. The van der Waals surface area contributed by atoms with Crippen molar-refractivity contribution in [3.63, 3.8) is 0 Å². The van der Waals surface area contributed by atoms with Crippen LogP contribution in [-0.2, 0) is 6.54 Å². The first kappa shape index (κ1) is 16.5. The van der Waals surface area contributed by atoms with E-state index in [1.807, 2.05) is 35.2 Å². The largest absolute Gasteiger partial charge is 0.338 e. The van der Waals surface area contributed by atoms with Crippen molar-refractivity contribution in [2.75, 3.05) is 6.54 Å². The lowest BCUT2D eigenvalue weighted by atomic mass is 10.0. The van der Waals surface area contributed by atoms with Gasteiger partial charge in [-0.25, -0.2) is 4.79 Å². The predicted molar refractivity (Wildman–Crippen MR) is 103 cm³/mol. The molecule has 0 aliphatic carbocycles. The van der Waals surface area contributed by atoms with E-state index in [0.717, 1.165) is 28.9 Å². The number of carbonyl (C=O) groups is 1. The van der Waals surface area contributed by atoms with Gasteiger partial charge in [0.25, 0.3) is 0 Å². The number of amides is 2. The molecule has 26 heavy (non-hydrogen) atoms. The Labute approximate surface area is 154 Å². The molecule has 0 fully saturated rings. The lowest BCUT2D eigenvalue weighted by Gasteiger charge is -2.31. The summed E-state index contributed by atoms with van der Waals surface area (Å²) < 4.78 is 2.21. The second kappa shape index (κ2) is 7.08. The highest BCUT2D eigenvalue weighted by atomic mass is 16.2. The highest BCUT2D eigenvalue weighted by molar-refractivity contribution is 5.76.